The van der Waals surface area contributed by atoms with Crippen LogP contribution in [0.25, 0.3) is 0 Å². The van der Waals surface area contributed by atoms with Gasteiger partial charge in [-0.2, -0.15) is 0 Å². The normalized spacial score (nSPS) is 11.3. The predicted octanol–water partition coefficient (Wildman–Crippen LogP) is 6.13. The van der Waals surface area contributed by atoms with E-state index in [1.165, 1.54) is 5.56 Å². The van der Waals surface area contributed by atoms with Gasteiger partial charge in [0.05, 0.1) is 6.54 Å². The van der Waals surface area contributed by atoms with Crippen LogP contribution in [0.3, 0.4) is 0 Å². The van der Waals surface area contributed by atoms with Gasteiger partial charge in [0.1, 0.15) is 6.54 Å². The molecule has 0 saturated carbocycles. The number of carbonyl (C=O) groups excluding carboxylic acids is 2. The third kappa shape index (κ3) is 7.03. The monoisotopic (exact) mass is 462 g/mol. The SMILES string of the molecule is CCCN(CC(=O)N(Cc1ccccc1)Cc1cccs1)C(=O)c1ccc(C(C)(C)C)cc1. The van der Waals surface area contributed by atoms with Gasteiger partial charge in [0, 0.05) is 23.5 Å². The lowest BCUT2D eigenvalue weighted by atomic mass is 9.86. The van der Waals surface area contributed by atoms with E-state index in [0.29, 0.717) is 25.2 Å². The summed E-state index contributed by atoms with van der Waals surface area (Å²) in [6.45, 7) is 10.2. The Bertz CT molecular complexity index is 1020. The summed E-state index contributed by atoms with van der Waals surface area (Å²) < 4.78 is 0. The fourth-order valence-corrected chi connectivity index (χ4v) is 4.43. The summed E-state index contributed by atoms with van der Waals surface area (Å²) in [5, 5.41) is 2.02. The van der Waals surface area contributed by atoms with Gasteiger partial charge in [0.25, 0.3) is 5.91 Å². The number of hydrogen-bond donors (Lipinski definition) is 0. The summed E-state index contributed by atoms with van der Waals surface area (Å²) in [6, 6.07) is 21.8. The highest BCUT2D eigenvalue weighted by Gasteiger charge is 2.23. The van der Waals surface area contributed by atoms with E-state index in [9.17, 15) is 9.59 Å². The lowest BCUT2D eigenvalue weighted by Gasteiger charge is -2.28. The molecule has 2 amide bonds. The third-order valence-corrected chi connectivity index (χ3v) is 6.46. The van der Waals surface area contributed by atoms with E-state index in [4.69, 9.17) is 0 Å². The van der Waals surface area contributed by atoms with Gasteiger partial charge >= 0.3 is 0 Å². The molecule has 0 aliphatic rings. The van der Waals surface area contributed by atoms with Gasteiger partial charge in [-0.25, -0.2) is 0 Å². The van der Waals surface area contributed by atoms with Crippen LogP contribution >= 0.6 is 11.3 Å². The van der Waals surface area contributed by atoms with E-state index in [-0.39, 0.29) is 23.8 Å². The molecule has 1 heterocycles. The second-order valence-corrected chi connectivity index (χ2v) is 10.4. The van der Waals surface area contributed by atoms with Crippen LogP contribution < -0.4 is 0 Å². The van der Waals surface area contributed by atoms with Gasteiger partial charge in [-0.1, -0.05) is 76.2 Å². The molecule has 3 rings (SSSR count). The highest BCUT2D eigenvalue weighted by Crippen LogP contribution is 2.23. The van der Waals surface area contributed by atoms with Crippen LogP contribution in [0.5, 0.6) is 0 Å². The van der Waals surface area contributed by atoms with Crippen LogP contribution in [0.4, 0.5) is 0 Å². The molecule has 4 nitrogen and oxygen atoms in total. The number of thiophene rings is 1. The second-order valence-electron chi connectivity index (χ2n) is 9.37. The van der Waals surface area contributed by atoms with Gasteiger partial charge in [-0.15, -0.1) is 11.3 Å². The maximum atomic E-state index is 13.4. The molecule has 0 spiro atoms. The maximum absolute atomic E-state index is 13.4. The van der Waals surface area contributed by atoms with Gasteiger partial charge < -0.3 is 9.80 Å². The van der Waals surface area contributed by atoms with Crippen LogP contribution in [0.15, 0.2) is 72.1 Å². The molecular formula is C28H34N2O2S. The smallest absolute Gasteiger partial charge is 0.254 e. The maximum Gasteiger partial charge on any atom is 0.254 e. The summed E-state index contributed by atoms with van der Waals surface area (Å²) in [6.07, 6.45) is 0.794. The zero-order chi connectivity index (χ0) is 23.8. The van der Waals surface area contributed by atoms with Crippen molar-refractivity contribution >= 4 is 23.2 Å². The number of rotatable bonds is 9. The predicted molar refractivity (Wildman–Crippen MR) is 136 cm³/mol. The highest BCUT2D eigenvalue weighted by atomic mass is 32.1. The van der Waals surface area contributed by atoms with E-state index in [2.05, 4.69) is 20.8 Å². The molecule has 0 aliphatic heterocycles. The zero-order valence-electron chi connectivity index (χ0n) is 20.1. The molecule has 0 aliphatic carbocycles. The molecule has 1 aromatic heterocycles. The largest absolute Gasteiger partial charge is 0.332 e. The van der Waals surface area contributed by atoms with Crippen LogP contribution in [0.1, 0.15) is 60.5 Å². The molecule has 3 aromatic rings. The van der Waals surface area contributed by atoms with Crippen molar-refractivity contribution in [2.24, 2.45) is 0 Å². The fraction of sp³-hybridized carbons (Fsp3) is 0.357. The molecule has 0 fully saturated rings. The van der Waals surface area contributed by atoms with Crippen molar-refractivity contribution in [3.63, 3.8) is 0 Å². The Hall–Kier alpha value is -2.92. The number of benzene rings is 2. The Morgan fingerprint density at radius 3 is 2.12 bits per heavy atom. The van der Waals surface area contributed by atoms with Crippen molar-refractivity contribution in [2.75, 3.05) is 13.1 Å². The molecule has 33 heavy (non-hydrogen) atoms. The molecular weight excluding hydrogens is 428 g/mol. The Kier molecular flexibility index (Phi) is 8.45. The van der Waals surface area contributed by atoms with Crippen LogP contribution in [0.2, 0.25) is 0 Å². The minimum atomic E-state index is -0.0959. The van der Waals surface area contributed by atoms with Crippen molar-refractivity contribution in [3.05, 3.63) is 93.7 Å². The summed E-state index contributed by atoms with van der Waals surface area (Å²) in [7, 11) is 0. The first-order valence-corrected chi connectivity index (χ1v) is 12.4. The lowest BCUT2D eigenvalue weighted by molar-refractivity contribution is -0.133. The Morgan fingerprint density at radius 2 is 1.55 bits per heavy atom. The van der Waals surface area contributed by atoms with E-state index in [1.807, 2.05) is 83.9 Å². The first-order valence-electron chi connectivity index (χ1n) is 11.5. The number of carbonyl (C=O) groups is 2. The van der Waals surface area contributed by atoms with Crippen molar-refractivity contribution in [1.29, 1.82) is 0 Å². The van der Waals surface area contributed by atoms with Gasteiger partial charge in [0.15, 0.2) is 0 Å². The summed E-state index contributed by atoms with van der Waals surface area (Å²) in [5.74, 6) is -0.137. The standard InChI is InChI=1S/C28H34N2O2S/c1-5-17-29(27(32)23-13-15-24(16-14-23)28(2,3)4)21-26(31)30(20-25-12-9-18-33-25)19-22-10-7-6-8-11-22/h6-16,18H,5,17,19-21H2,1-4H3. The number of hydrogen-bond acceptors (Lipinski definition) is 3. The topological polar surface area (TPSA) is 40.6 Å². The first-order chi connectivity index (χ1) is 15.8. The molecule has 0 unspecified atom stereocenters. The number of amides is 2. The van der Waals surface area contributed by atoms with Crippen molar-refractivity contribution in [2.45, 2.75) is 52.6 Å². The molecule has 0 radical (unpaired) electrons. The first kappa shape index (κ1) is 24.7. The van der Waals surface area contributed by atoms with Crippen LogP contribution in [-0.2, 0) is 23.3 Å². The van der Waals surface area contributed by atoms with Crippen LogP contribution in [0, 0.1) is 0 Å². The molecule has 0 bridgehead atoms. The minimum Gasteiger partial charge on any atom is -0.332 e. The minimum absolute atomic E-state index is 0.0282. The fourth-order valence-electron chi connectivity index (χ4n) is 3.71. The highest BCUT2D eigenvalue weighted by molar-refractivity contribution is 7.09. The third-order valence-electron chi connectivity index (χ3n) is 5.60. The average molecular weight is 463 g/mol. The zero-order valence-corrected chi connectivity index (χ0v) is 20.9. The molecule has 0 N–H and O–H groups in total. The average Bonchev–Trinajstić information content (AvgIpc) is 3.31. The molecule has 174 valence electrons. The Morgan fingerprint density at radius 1 is 0.848 bits per heavy atom. The van der Waals surface area contributed by atoms with E-state index >= 15 is 0 Å². The molecule has 0 saturated heterocycles. The number of nitrogens with zero attached hydrogens (tertiary/aromatic N) is 2. The van der Waals surface area contributed by atoms with E-state index in [1.54, 1.807) is 16.2 Å². The van der Waals surface area contributed by atoms with Gasteiger partial charge in [-0.05, 0) is 46.5 Å². The molecule has 2 aromatic carbocycles. The van der Waals surface area contributed by atoms with Crippen molar-refractivity contribution in [1.82, 2.24) is 9.80 Å². The van der Waals surface area contributed by atoms with Crippen molar-refractivity contribution < 1.29 is 9.59 Å². The van der Waals surface area contributed by atoms with E-state index in [0.717, 1.165) is 16.9 Å². The molecule has 5 heteroatoms. The lowest BCUT2D eigenvalue weighted by Crippen LogP contribution is -2.42. The van der Waals surface area contributed by atoms with Gasteiger partial charge in [-0.3, -0.25) is 9.59 Å². The van der Waals surface area contributed by atoms with Gasteiger partial charge in [0.2, 0.25) is 5.91 Å². The molecule has 0 atom stereocenters. The van der Waals surface area contributed by atoms with E-state index < -0.39 is 0 Å². The summed E-state index contributed by atoms with van der Waals surface area (Å²) in [5.41, 5.74) is 2.91. The quantitative estimate of drug-likeness (QED) is 0.384. The summed E-state index contributed by atoms with van der Waals surface area (Å²) in [4.78, 5) is 31.4. The Labute approximate surface area is 201 Å². The Balaban J connectivity index is 1.77. The summed E-state index contributed by atoms with van der Waals surface area (Å²) >= 11 is 1.64. The second kappa shape index (κ2) is 11.3. The van der Waals surface area contributed by atoms with Crippen molar-refractivity contribution in [3.8, 4) is 0 Å². The van der Waals surface area contributed by atoms with Crippen LogP contribution in [-0.4, -0.2) is 34.7 Å².